The first-order chi connectivity index (χ1) is 15.3. The van der Waals surface area contributed by atoms with Crippen LogP contribution in [-0.2, 0) is 6.61 Å². The molecule has 0 heterocycles. The molecule has 0 aliphatic carbocycles. The van der Waals surface area contributed by atoms with E-state index in [1.807, 2.05) is 6.07 Å². The van der Waals surface area contributed by atoms with Gasteiger partial charge in [-0.2, -0.15) is 5.26 Å². The number of allylic oxidation sites excluding steroid dienone is 1. The third kappa shape index (κ3) is 5.65. The molecule has 32 heavy (non-hydrogen) atoms. The molecular weight excluding hydrogens is 475 g/mol. The lowest BCUT2D eigenvalue weighted by Crippen LogP contribution is -2.03. The number of ketones is 1. The van der Waals surface area contributed by atoms with E-state index in [-0.39, 0.29) is 23.4 Å². The molecule has 0 saturated heterocycles. The highest BCUT2D eigenvalue weighted by atomic mass is 35.5. The van der Waals surface area contributed by atoms with E-state index in [1.165, 1.54) is 24.3 Å². The zero-order chi connectivity index (χ0) is 23.3. The number of nitrogens with zero attached hydrogens (tertiary/aromatic N) is 2. The highest BCUT2D eigenvalue weighted by molar-refractivity contribution is 6.35. The van der Waals surface area contributed by atoms with Crippen molar-refractivity contribution in [2.24, 2.45) is 0 Å². The van der Waals surface area contributed by atoms with E-state index in [0.29, 0.717) is 31.9 Å². The van der Waals surface area contributed by atoms with Crippen molar-refractivity contribution < 1.29 is 14.5 Å². The molecule has 3 aromatic rings. The van der Waals surface area contributed by atoms with Gasteiger partial charge in [-0.25, -0.2) is 0 Å². The normalized spacial score (nSPS) is 11.0. The topological polar surface area (TPSA) is 93.2 Å². The Balaban J connectivity index is 1.92. The van der Waals surface area contributed by atoms with Gasteiger partial charge in [-0.15, -0.1) is 0 Å². The van der Waals surface area contributed by atoms with Crippen molar-refractivity contribution in [3.63, 3.8) is 0 Å². The van der Waals surface area contributed by atoms with Crippen molar-refractivity contribution in [3.05, 3.63) is 108 Å². The number of rotatable bonds is 7. The number of halogens is 3. The molecule has 3 rings (SSSR count). The highest BCUT2D eigenvalue weighted by Gasteiger charge is 2.17. The Hall–Kier alpha value is -3.37. The van der Waals surface area contributed by atoms with Gasteiger partial charge in [0.25, 0.3) is 5.69 Å². The summed E-state index contributed by atoms with van der Waals surface area (Å²) in [5.41, 5.74) is 0.610. The maximum absolute atomic E-state index is 12.8. The van der Waals surface area contributed by atoms with Crippen LogP contribution in [0, 0.1) is 21.4 Å². The van der Waals surface area contributed by atoms with Crippen molar-refractivity contribution in [1.82, 2.24) is 0 Å². The molecule has 0 radical (unpaired) electrons. The fourth-order valence-corrected chi connectivity index (χ4v) is 3.42. The molecule has 9 heteroatoms. The van der Waals surface area contributed by atoms with Crippen LogP contribution < -0.4 is 4.74 Å². The molecule has 0 aromatic heterocycles. The third-order valence-corrected chi connectivity index (χ3v) is 5.18. The molecule has 0 N–H and O–H groups in total. The van der Waals surface area contributed by atoms with Gasteiger partial charge >= 0.3 is 0 Å². The Morgan fingerprint density at radius 2 is 1.78 bits per heavy atom. The van der Waals surface area contributed by atoms with Gasteiger partial charge in [0.15, 0.2) is 0 Å². The van der Waals surface area contributed by atoms with Crippen LogP contribution in [-0.4, -0.2) is 10.7 Å². The average Bonchev–Trinajstić information content (AvgIpc) is 2.77. The fraction of sp³-hybridized carbons (Fsp3) is 0.0435. The quantitative estimate of drug-likeness (QED) is 0.118. The summed E-state index contributed by atoms with van der Waals surface area (Å²) in [4.78, 5) is 23.2. The Kier molecular flexibility index (Phi) is 7.49. The van der Waals surface area contributed by atoms with Crippen molar-refractivity contribution >= 4 is 52.3 Å². The van der Waals surface area contributed by atoms with Crippen LogP contribution in [0.2, 0.25) is 15.1 Å². The van der Waals surface area contributed by atoms with Crippen LogP contribution in [0.4, 0.5) is 5.69 Å². The molecule has 0 bridgehead atoms. The second kappa shape index (κ2) is 10.3. The standard InChI is InChI=1S/C23H13Cl3N2O4/c24-18-6-7-22(32-13-15-4-5-19(25)11-21(15)26)16(9-18)8-17(12-27)23(29)14-2-1-3-20(10-14)28(30)31/h1-11H,13H2/b17-8+. The number of Topliss-reactive ketones (excluding diaryl/α,β-unsaturated/α-hetero) is 1. The molecule has 0 aliphatic heterocycles. The number of hydrogen-bond acceptors (Lipinski definition) is 5. The van der Waals surface area contributed by atoms with E-state index in [0.717, 1.165) is 6.07 Å². The summed E-state index contributed by atoms with van der Waals surface area (Å²) >= 11 is 18.2. The Labute approximate surface area is 198 Å². The third-order valence-electron chi connectivity index (χ3n) is 4.35. The van der Waals surface area contributed by atoms with E-state index in [9.17, 15) is 20.2 Å². The van der Waals surface area contributed by atoms with Crippen LogP contribution in [0.5, 0.6) is 5.75 Å². The van der Waals surface area contributed by atoms with Gasteiger partial charge in [0.1, 0.15) is 24.0 Å². The number of ether oxygens (including phenoxy) is 1. The minimum absolute atomic E-state index is 0.0180. The molecule has 0 aliphatic rings. The Morgan fingerprint density at radius 3 is 2.47 bits per heavy atom. The molecule has 3 aromatic carbocycles. The van der Waals surface area contributed by atoms with E-state index >= 15 is 0 Å². The summed E-state index contributed by atoms with van der Waals surface area (Å²) in [6.45, 7) is 0.110. The molecule has 0 saturated carbocycles. The monoisotopic (exact) mass is 486 g/mol. The van der Waals surface area contributed by atoms with Gasteiger partial charge in [0, 0.05) is 43.9 Å². The molecule has 0 amide bonds. The van der Waals surface area contributed by atoms with Crippen LogP contribution in [0.25, 0.3) is 6.08 Å². The predicted molar refractivity (Wildman–Crippen MR) is 123 cm³/mol. The summed E-state index contributed by atoms with van der Waals surface area (Å²) in [6.07, 6.45) is 1.33. The van der Waals surface area contributed by atoms with Crippen molar-refractivity contribution in [2.75, 3.05) is 0 Å². The van der Waals surface area contributed by atoms with Gasteiger partial charge in [0.05, 0.1) is 4.92 Å². The summed E-state index contributed by atoms with van der Waals surface area (Å²) < 4.78 is 5.84. The van der Waals surface area contributed by atoms with Gasteiger partial charge in [-0.05, 0) is 36.4 Å². The fourth-order valence-electron chi connectivity index (χ4n) is 2.78. The average molecular weight is 488 g/mol. The predicted octanol–water partition coefficient (Wildman–Crippen LogP) is 6.92. The number of carbonyl (C=O) groups is 1. The Morgan fingerprint density at radius 1 is 1.06 bits per heavy atom. The zero-order valence-corrected chi connectivity index (χ0v) is 18.5. The van der Waals surface area contributed by atoms with E-state index in [1.54, 1.807) is 36.4 Å². The highest BCUT2D eigenvalue weighted by Crippen LogP contribution is 2.29. The maximum Gasteiger partial charge on any atom is 0.270 e. The minimum atomic E-state index is -0.664. The van der Waals surface area contributed by atoms with Crippen LogP contribution >= 0.6 is 34.8 Å². The molecule has 0 unspecified atom stereocenters. The number of non-ortho nitro benzene ring substituents is 1. The van der Waals surface area contributed by atoms with Gasteiger partial charge in [0.2, 0.25) is 5.78 Å². The molecule has 0 spiro atoms. The Bertz CT molecular complexity index is 1280. The van der Waals surface area contributed by atoms with E-state index in [2.05, 4.69) is 0 Å². The lowest BCUT2D eigenvalue weighted by molar-refractivity contribution is -0.384. The van der Waals surface area contributed by atoms with Crippen molar-refractivity contribution in [3.8, 4) is 11.8 Å². The van der Waals surface area contributed by atoms with E-state index < -0.39 is 10.7 Å². The molecule has 6 nitrogen and oxygen atoms in total. The summed E-state index contributed by atoms with van der Waals surface area (Å²) in [7, 11) is 0. The number of nitriles is 1. The maximum atomic E-state index is 12.8. The largest absolute Gasteiger partial charge is 0.488 e. The number of nitro benzene ring substituents is 1. The van der Waals surface area contributed by atoms with Gasteiger partial charge in [-0.1, -0.05) is 53.0 Å². The van der Waals surface area contributed by atoms with Gasteiger partial charge in [-0.3, -0.25) is 14.9 Å². The number of nitro groups is 1. The first kappa shape index (κ1) is 23.3. The molecular formula is C23H13Cl3N2O4. The first-order valence-corrected chi connectivity index (χ1v) is 10.2. The molecule has 0 atom stereocenters. The second-order valence-corrected chi connectivity index (χ2v) is 7.79. The number of benzene rings is 3. The van der Waals surface area contributed by atoms with Crippen molar-refractivity contribution in [2.45, 2.75) is 6.61 Å². The van der Waals surface area contributed by atoms with Crippen LogP contribution in [0.1, 0.15) is 21.5 Å². The van der Waals surface area contributed by atoms with Crippen LogP contribution in [0.15, 0.2) is 66.2 Å². The summed E-state index contributed by atoms with van der Waals surface area (Å²) in [5, 5.41) is 21.8. The number of carbonyl (C=O) groups excluding carboxylic acids is 1. The van der Waals surface area contributed by atoms with Crippen molar-refractivity contribution in [1.29, 1.82) is 5.26 Å². The SMILES string of the molecule is N#C/C(=C\c1cc(Cl)ccc1OCc1ccc(Cl)cc1Cl)C(=O)c1cccc([N+](=O)[O-])c1. The molecule has 160 valence electrons. The van der Waals surface area contributed by atoms with E-state index in [4.69, 9.17) is 39.5 Å². The van der Waals surface area contributed by atoms with Crippen LogP contribution in [0.3, 0.4) is 0 Å². The summed E-state index contributed by atoms with van der Waals surface area (Å²) in [6, 6.07) is 16.7. The summed E-state index contributed by atoms with van der Waals surface area (Å²) in [5.74, 6) is -0.303. The lowest BCUT2D eigenvalue weighted by Gasteiger charge is -2.11. The minimum Gasteiger partial charge on any atom is -0.488 e. The first-order valence-electron chi connectivity index (χ1n) is 9.05. The van der Waals surface area contributed by atoms with Gasteiger partial charge < -0.3 is 4.74 Å². The molecule has 0 fully saturated rings. The second-order valence-electron chi connectivity index (χ2n) is 6.51. The number of hydrogen-bond donors (Lipinski definition) is 0. The zero-order valence-electron chi connectivity index (χ0n) is 16.2. The smallest absolute Gasteiger partial charge is 0.270 e. The lowest BCUT2D eigenvalue weighted by atomic mass is 10.0.